The molecular weight excluding hydrogens is 340 g/mol. The quantitative estimate of drug-likeness (QED) is 0.693. The lowest BCUT2D eigenvalue weighted by Gasteiger charge is -2.34. The number of piperazine rings is 1. The van der Waals surface area contributed by atoms with Gasteiger partial charge >= 0.3 is 0 Å². The van der Waals surface area contributed by atoms with E-state index in [-0.39, 0.29) is 0 Å². The average molecular weight is 358 g/mol. The van der Waals surface area contributed by atoms with Crippen LogP contribution in [0.5, 0.6) is 0 Å². The number of anilines is 1. The third kappa shape index (κ3) is 2.96. The number of nitrogens with zero attached hydrogens (tertiary/aromatic N) is 6. The van der Waals surface area contributed by atoms with Crippen molar-refractivity contribution in [2.45, 2.75) is 11.8 Å². The number of rotatable bonds is 3. The Labute approximate surface area is 145 Å². The minimum absolute atomic E-state index is 0.343. The highest BCUT2D eigenvalue weighted by atomic mass is 32.2. The number of benzene rings is 1. The van der Waals surface area contributed by atoms with Crippen LogP contribution < -0.4 is 4.90 Å². The maximum Gasteiger partial charge on any atom is 0.243 e. The molecule has 1 fully saturated rings. The summed E-state index contributed by atoms with van der Waals surface area (Å²) in [6, 6.07) is 10.7. The second kappa shape index (κ2) is 6.08. The Bertz CT molecular complexity index is 991. The van der Waals surface area contributed by atoms with Gasteiger partial charge in [0.25, 0.3) is 0 Å². The van der Waals surface area contributed by atoms with Crippen molar-refractivity contribution in [2.24, 2.45) is 0 Å². The van der Waals surface area contributed by atoms with Gasteiger partial charge in [0, 0.05) is 26.2 Å². The summed E-state index contributed by atoms with van der Waals surface area (Å²) in [6.07, 6.45) is 1.55. The van der Waals surface area contributed by atoms with Crippen LogP contribution in [0.25, 0.3) is 5.65 Å². The molecule has 0 bridgehead atoms. The average Bonchev–Trinajstić information content (AvgIpc) is 3.10. The van der Waals surface area contributed by atoms with Crippen LogP contribution in [-0.2, 0) is 10.0 Å². The van der Waals surface area contributed by atoms with Crippen molar-refractivity contribution >= 4 is 21.5 Å². The molecule has 0 saturated carbocycles. The normalized spacial score (nSPS) is 16.4. The molecule has 1 aliphatic rings. The molecule has 0 unspecified atom stereocenters. The van der Waals surface area contributed by atoms with Crippen molar-refractivity contribution in [3.63, 3.8) is 0 Å². The monoisotopic (exact) mass is 358 g/mol. The molecule has 130 valence electrons. The number of fused-ring (bicyclic) bond motifs is 1. The Balaban J connectivity index is 1.49. The zero-order chi connectivity index (χ0) is 17.4. The molecule has 1 aromatic carbocycles. The van der Waals surface area contributed by atoms with Crippen molar-refractivity contribution in [1.82, 2.24) is 24.1 Å². The van der Waals surface area contributed by atoms with E-state index in [2.05, 4.69) is 20.2 Å². The van der Waals surface area contributed by atoms with Gasteiger partial charge < -0.3 is 4.90 Å². The van der Waals surface area contributed by atoms with E-state index in [4.69, 9.17) is 0 Å². The molecule has 9 heteroatoms. The molecule has 25 heavy (non-hydrogen) atoms. The van der Waals surface area contributed by atoms with E-state index in [0.717, 1.165) is 11.4 Å². The molecule has 2 aromatic heterocycles. The second-order valence-electron chi connectivity index (χ2n) is 6.03. The van der Waals surface area contributed by atoms with Gasteiger partial charge in [-0.05, 0) is 31.2 Å². The Hall–Kier alpha value is -2.52. The summed E-state index contributed by atoms with van der Waals surface area (Å²) < 4.78 is 28.7. The first-order valence-electron chi connectivity index (χ1n) is 8.03. The molecular formula is C16H18N6O2S. The Kier molecular flexibility index (Phi) is 3.89. The Morgan fingerprint density at radius 3 is 2.40 bits per heavy atom. The number of aryl methyl sites for hydroxylation is 1. The molecule has 0 amide bonds. The molecule has 4 rings (SSSR count). The topological polar surface area (TPSA) is 83.7 Å². The van der Waals surface area contributed by atoms with Gasteiger partial charge in [-0.3, -0.25) is 0 Å². The zero-order valence-electron chi connectivity index (χ0n) is 13.8. The smallest absolute Gasteiger partial charge is 0.243 e. The number of aromatic nitrogens is 4. The summed E-state index contributed by atoms with van der Waals surface area (Å²) in [5.41, 5.74) is 1.73. The molecule has 3 aromatic rings. The number of hydrogen-bond acceptors (Lipinski definition) is 6. The molecule has 0 aliphatic carbocycles. The predicted molar refractivity (Wildman–Crippen MR) is 92.9 cm³/mol. The SMILES string of the molecule is Cc1ccc(S(=O)(=O)N2CCN(c3ccc4nncn4n3)CC2)cc1. The molecule has 8 nitrogen and oxygen atoms in total. The van der Waals surface area contributed by atoms with Crippen molar-refractivity contribution < 1.29 is 8.42 Å². The fourth-order valence-electron chi connectivity index (χ4n) is 2.90. The van der Waals surface area contributed by atoms with Gasteiger partial charge in [-0.15, -0.1) is 15.3 Å². The molecule has 1 saturated heterocycles. The van der Waals surface area contributed by atoms with E-state index >= 15 is 0 Å². The first kappa shape index (κ1) is 16.0. The van der Waals surface area contributed by atoms with Gasteiger partial charge in [-0.25, -0.2) is 8.42 Å². The Morgan fingerprint density at radius 1 is 0.960 bits per heavy atom. The van der Waals surface area contributed by atoms with Crippen LogP contribution in [0.15, 0.2) is 47.6 Å². The van der Waals surface area contributed by atoms with E-state index in [1.165, 1.54) is 4.31 Å². The van der Waals surface area contributed by atoms with Crippen LogP contribution in [-0.4, -0.2) is 58.7 Å². The van der Waals surface area contributed by atoms with Crippen LogP contribution in [0.1, 0.15) is 5.56 Å². The van der Waals surface area contributed by atoms with E-state index in [9.17, 15) is 8.42 Å². The standard InChI is InChI=1S/C16H18N6O2S/c1-13-2-4-14(5-3-13)25(23,24)21-10-8-20(9-11-21)16-7-6-15-18-17-12-22(15)19-16/h2-7,12H,8-11H2,1H3. The van der Waals surface area contributed by atoms with Crippen molar-refractivity contribution in [3.05, 3.63) is 48.3 Å². The summed E-state index contributed by atoms with van der Waals surface area (Å²) >= 11 is 0. The maximum atomic E-state index is 12.8. The van der Waals surface area contributed by atoms with Gasteiger partial charge in [0.15, 0.2) is 5.65 Å². The summed E-state index contributed by atoms with van der Waals surface area (Å²) in [7, 11) is -3.45. The first-order chi connectivity index (χ1) is 12.0. The zero-order valence-corrected chi connectivity index (χ0v) is 14.6. The van der Waals surface area contributed by atoms with Crippen LogP contribution in [0.2, 0.25) is 0 Å². The third-order valence-electron chi connectivity index (χ3n) is 4.37. The predicted octanol–water partition coefficient (Wildman–Crippen LogP) is 0.944. The molecule has 1 aliphatic heterocycles. The maximum absolute atomic E-state index is 12.8. The van der Waals surface area contributed by atoms with Crippen LogP contribution in [0.3, 0.4) is 0 Å². The molecule has 0 atom stereocenters. The van der Waals surface area contributed by atoms with E-state index in [0.29, 0.717) is 36.7 Å². The second-order valence-corrected chi connectivity index (χ2v) is 7.97. The van der Waals surface area contributed by atoms with Crippen LogP contribution in [0.4, 0.5) is 5.82 Å². The van der Waals surface area contributed by atoms with E-state index < -0.39 is 10.0 Å². The molecule has 0 radical (unpaired) electrons. The lowest BCUT2D eigenvalue weighted by molar-refractivity contribution is 0.383. The summed E-state index contributed by atoms with van der Waals surface area (Å²) in [5.74, 6) is 0.791. The largest absolute Gasteiger partial charge is 0.353 e. The molecule has 0 N–H and O–H groups in total. The van der Waals surface area contributed by atoms with Crippen LogP contribution in [0, 0.1) is 6.92 Å². The summed E-state index contributed by atoms with van der Waals surface area (Å²) in [5, 5.41) is 12.2. The van der Waals surface area contributed by atoms with E-state index in [1.807, 2.05) is 31.2 Å². The van der Waals surface area contributed by atoms with Crippen LogP contribution >= 0.6 is 0 Å². The number of hydrogen-bond donors (Lipinski definition) is 0. The van der Waals surface area contributed by atoms with Crippen molar-refractivity contribution in [3.8, 4) is 0 Å². The van der Waals surface area contributed by atoms with Gasteiger partial charge in [0.2, 0.25) is 10.0 Å². The minimum Gasteiger partial charge on any atom is -0.353 e. The fraction of sp³-hybridized carbons (Fsp3) is 0.312. The lowest BCUT2D eigenvalue weighted by atomic mass is 10.2. The first-order valence-corrected chi connectivity index (χ1v) is 9.47. The highest BCUT2D eigenvalue weighted by Crippen LogP contribution is 2.20. The van der Waals surface area contributed by atoms with Crippen molar-refractivity contribution in [2.75, 3.05) is 31.1 Å². The van der Waals surface area contributed by atoms with Gasteiger partial charge in [0.1, 0.15) is 12.1 Å². The highest BCUT2D eigenvalue weighted by Gasteiger charge is 2.28. The lowest BCUT2D eigenvalue weighted by Crippen LogP contribution is -2.49. The summed E-state index contributed by atoms with van der Waals surface area (Å²) in [4.78, 5) is 2.41. The Morgan fingerprint density at radius 2 is 1.68 bits per heavy atom. The third-order valence-corrected chi connectivity index (χ3v) is 6.28. The van der Waals surface area contributed by atoms with E-state index in [1.54, 1.807) is 23.0 Å². The fourth-order valence-corrected chi connectivity index (χ4v) is 4.33. The van der Waals surface area contributed by atoms with Gasteiger partial charge in [-0.1, -0.05) is 17.7 Å². The molecule has 3 heterocycles. The summed E-state index contributed by atoms with van der Waals surface area (Å²) in [6.45, 7) is 3.97. The minimum atomic E-state index is -3.45. The highest BCUT2D eigenvalue weighted by molar-refractivity contribution is 7.89. The van der Waals surface area contributed by atoms with Crippen molar-refractivity contribution in [1.29, 1.82) is 0 Å². The van der Waals surface area contributed by atoms with Gasteiger partial charge in [-0.2, -0.15) is 8.82 Å². The number of sulfonamides is 1. The van der Waals surface area contributed by atoms with Gasteiger partial charge in [0.05, 0.1) is 4.90 Å². The molecule has 0 spiro atoms.